The van der Waals surface area contributed by atoms with Gasteiger partial charge in [-0.3, -0.25) is 14.9 Å². The Hall–Kier alpha value is -2.61. The van der Waals surface area contributed by atoms with E-state index in [4.69, 9.17) is 0 Å². The van der Waals surface area contributed by atoms with Crippen molar-refractivity contribution < 1.29 is 19.8 Å². The predicted molar refractivity (Wildman–Crippen MR) is 110 cm³/mol. The minimum atomic E-state index is -1.03. The monoisotopic (exact) mass is 398 g/mol. The Balaban J connectivity index is 1.52. The van der Waals surface area contributed by atoms with Gasteiger partial charge in [-0.25, -0.2) is 0 Å². The molecule has 0 aliphatic rings. The molecule has 2 aromatic carbocycles. The van der Waals surface area contributed by atoms with E-state index in [9.17, 15) is 19.8 Å². The molecular formula is C21H22N2O4S. The number of aromatic amines is 1. The van der Waals surface area contributed by atoms with Gasteiger partial charge in [-0.2, -0.15) is 0 Å². The van der Waals surface area contributed by atoms with Gasteiger partial charge in [-0.15, -0.1) is 0 Å². The minimum Gasteiger partial charge on any atom is -0.480 e. The zero-order chi connectivity index (χ0) is 19.9. The summed E-state index contributed by atoms with van der Waals surface area (Å²) in [5.41, 5.74) is 2.42. The lowest BCUT2D eigenvalue weighted by atomic mass is 10.0. The number of para-hydroxylation sites is 1. The van der Waals surface area contributed by atoms with E-state index in [2.05, 4.69) is 10.3 Å². The summed E-state index contributed by atoms with van der Waals surface area (Å²) < 4.78 is 0. The molecule has 1 unspecified atom stereocenters. The van der Waals surface area contributed by atoms with Crippen molar-refractivity contribution in [2.75, 3.05) is 5.75 Å². The van der Waals surface area contributed by atoms with Crippen LogP contribution in [0.2, 0.25) is 0 Å². The molecule has 0 fully saturated rings. The van der Waals surface area contributed by atoms with Crippen LogP contribution < -0.4 is 5.32 Å². The van der Waals surface area contributed by atoms with Crippen molar-refractivity contribution in [2.24, 2.45) is 0 Å². The summed E-state index contributed by atoms with van der Waals surface area (Å²) in [5, 5.41) is 23.3. The fourth-order valence-electron chi connectivity index (χ4n) is 2.97. The lowest BCUT2D eigenvalue weighted by Crippen LogP contribution is -2.45. The summed E-state index contributed by atoms with van der Waals surface area (Å²) in [7, 11) is 0. The number of hydrogen-bond acceptors (Lipinski definition) is 5. The highest BCUT2D eigenvalue weighted by Crippen LogP contribution is 2.19. The first kappa shape index (κ1) is 20.1. The summed E-state index contributed by atoms with van der Waals surface area (Å²) in [6.07, 6.45) is 1.29. The SMILES string of the molecule is O=C(SCCC(O)N[C@@H](Cc1c[nH]c2ccccc12)C(=O)O)c1ccccc1. The minimum absolute atomic E-state index is 0.0682. The van der Waals surface area contributed by atoms with Crippen LogP contribution in [0, 0.1) is 0 Å². The Morgan fingerprint density at radius 1 is 1.07 bits per heavy atom. The van der Waals surface area contributed by atoms with E-state index in [1.807, 2.05) is 30.3 Å². The van der Waals surface area contributed by atoms with Gasteiger partial charge in [-0.05, 0) is 18.1 Å². The molecule has 0 aliphatic carbocycles. The van der Waals surface area contributed by atoms with E-state index in [-0.39, 0.29) is 18.0 Å². The number of nitrogens with one attached hydrogen (secondary N) is 2. The van der Waals surface area contributed by atoms with Crippen molar-refractivity contribution in [1.29, 1.82) is 0 Å². The summed E-state index contributed by atoms with van der Waals surface area (Å²) in [4.78, 5) is 26.8. The van der Waals surface area contributed by atoms with Crippen molar-refractivity contribution in [1.82, 2.24) is 10.3 Å². The quantitative estimate of drug-likeness (QED) is 0.413. The molecule has 0 saturated carbocycles. The maximum absolute atomic E-state index is 12.1. The van der Waals surface area contributed by atoms with Gasteiger partial charge in [-0.1, -0.05) is 60.3 Å². The van der Waals surface area contributed by atoms with Gasteiger partial charge in [0.25, 0.3) is 0 Å². The standard InChI is InChI=1S/C21H22N2O4S/c24-19(10-11-28-21(27)14-6-2-1-3-7-14)23-18(20(25)26)12-15-13-22-17-9-5-4-8-16(15)17/h1-9,13,18-19,22-24H,10-12H2,(H,25,26)/t18-,19?/m0/s1. The number of carboxylic acid groups (broad SMARTS) is 1. The zero-order valence-corrected chi connectivity index (χ0v) is 16.0. The number of carbonyl (C=O) groups is 2. The molecule has 0 aliphatic heterocycles. The van der Waals surface area contributed by atoms with E-state index < -0.39 is 18.2 Å². The maximum Gasteiger partial charge on any atom is 0.321 e. The first-order valence-corrected chi connectivity index (χ1v) is 9.97. The highest BCUT2D eigenvalue weighted by molar-refractivity contribution is 8.14. The molecule has 0 bridgehead atoms. The van der Waals surface area contributed by atoms with Gasteiger partial charge in [0.05, 0.1) is 0 Å². The summed E-state index contributed by atoms with van der Waals surface area (Å²) in [6.45, 7) is 0. The predicted octanol–water partition coefficient (Wildman–Crippen LogP) is 3.04. The van der Waals surface area contributed by atoms with E-state index >= 15 is 0 Å². The molecule has 0 radical (unpaired) electrons. The highest BCUT2D eigenvalue weighted by atomic mass is 32.2. The molecule has 0 saturated heterocycles. The van der Waals surface area contributed by atoms with Crippen LogP contribution in [-0.2, 0) is 11.2 Å². The average Bonchev–Trinajstić information content (AvgIpc) is 3.11. The Bertz CT molecular complexity index is 942. The van der Waals surface area contributed by atoms with E-state index in [0.717, 1.165) is 28.2 Å². The van der Waals surface area contributed by atoms with Gasteiger partial charge < -0.3 is 15.2 Å². The topological polar surface area (TPSA) is 102 Å². The number of aliphatic hydroxyl groups is 1. The third-order valence-electron chi connectivity index (χ3n) is 4.42. The lowest BCUT2D eigenvalue weighted by Gasteiger charge is -2.19. The number of hydrogen-bond donors (Lipinski definition) is 4. The van der Waals surface area contributed by atoms with Crippen LogP contribution in [0.4, 0.5) is 0 Å². The molecule has 3 aromatic rings. The second-order valence-corrected chi connectivity index (χ2v) is 7.50. The first-order chi connectivity index (χ1) is 13.5. The molecule has 7 heteroatoms. The van der Waals surface area contributed by atoms with E-state index in [1.165, 1.54) is 0 Å². The Labute approximate surface area is 167 Å². The van der Waals surface area contributed by atoms with Crippen molar-refractivity contribution in [2.45, 2.75) is 25.1 Å². The number of aliphatic carboxylic acids is 1. The Morgan fingerprint density at radius 2 is 1.79 bits per heavy atom. The molecule has 1 aromatic heterocycles. The summed E-state index contributed by atoms with van der Waals surface area (Å²) >= 11 is 1.11. The maximum atomic E-state index is 12.1. The van der Waals surface area contributed by atoms with Crippen LogP contribution in [-0.4, -0.2) is 44.3 Å². The van der Waals surface area contributed by atoms with Gasteiger partial charge in [0, 0.05) is 34.8 Å². The molecule has 2 atom stereocenters. The van der Waals surface area contributed by atoms with Crippen molar-refractivity contribution in [3.63, 3.8) is 0 Å². The van der Waals surface area contributed by atoms with E-state index in [0.29, 0.717) is 11.3 Å². The van der Waals surface area contributed by atoms with Crippen molar-refractivity contribution in [3.05, 3.63) is 71.9 Å². The van der Waals surface area contributed by atoms with Crippen LogP contribution in [0.1, 0.15) is 22.3 Å². The Kier molecular flexibility index (Phi) is 6.86. The number of fused-ring (bicyclic) bond motifs is 1. The molecular weight excluding hydrogens is 376 g/mol. The summed E-state index contributed by atoms with van der Waals surface area (Å²) in [5.74, 6) is -0.640. The molecule has 1 heterocycles. The van der Waals surface area contributed by atoms with Crippen molar-refractivity contribution >= 4 is 33.7 Å². The second kappa shape index (κ2) is 9.54. The molecule has 6 nitrogen and oxygen atoms in total. The van der Waals surface area contributed by atoms with Crippen LogP contribution in [0.15, 0.2) is 60.8 Å². The molecule has 0 amide bonds. The second-order valence-electron chi connectivity index (χ2n) is 6.43. The third-order valence-corrected chi connectivity index (χ3v) is 5.36. The van der Waals surface area contributed by atoms with Crippen LogP contribution >= 0.6 is 11.8 Å². The number of aromatic nitrogens is 1. The third kappa shape index (κ3) is 5.22. The fraction of sp³-hybridized carbons (Fsp3) is 0.238. The van der Waals surface area contributed by atoms with Gasteiger partial charge in [0.15, 0.2) is 0 Å². The molecule has 4 N–H and O–H groups in total. The van der Waals surface area contributed by atoms with E-state index in [1.54, 1.807) is 30.5 Å². The zero-order valence-electron chi connectivity index (χ0n) is 15.2. The van der Waals surface area contributed by atoms with Gasteiger partial charge in [0.2, 0.25) is 5.12 Å². The van der Waals surface area contributed by atoms with Crippen LogP contribution in [0.25, 0.3) is 10.9 Å². The normalized spacial score (nSPS) is 13.3. The molecule has 3 rings (SSSR count). The Morgan fingerprint density at radius 3 is 2.54 bits per heavy atom. The highest BCUT2D eigenvalue weighted by Gasteiger charge is 2.22. The summed E-state index contributed by atoms with van der Waals surface area (Å²) in [6, 6.07) is 15.7. The van der Waals surface area contributed by atoms with Crippen molar-refractivity contribution in [3.8, 4) is 0 Å². The number of carbonyl (C=O) groups excluding carboxylic acids is 1. The number of carboxylic acids is 1. The first-order valence-electron chi connectivity index (χ1n) is 8.98. The van der Waals surface area contributed by atoms with Gasteiger partial charge in [0.1, 0.15) is 12.3 Å². The lowest BCUT2D eigenvalue weighted by molar-refractivity contribution is -0.140. The molecule has 0 spiro atoms. The molecule has 28 heavy (non-hydrogen) atoms. The molecule has 146 valence electrons. The largest absolute Gasteiger partial charge is 0.480 e. The number of thioether (sulfide) groups is 1. The van der Waals surface area contributed by atoms with Gasteiger partial charge >= 0.3 is 5.97 Å². The van der Waals surface area contributed by atoms with Crippen LogP contribution in [0.5, 0.6) is 0 Å². The number of benzene rings is 2. The number of aliphatic hydroxyl groups excluding tert-OH is 1. The fourth-order valence-corrected chi connectivity index (χ4v) is 3.80. The number of H-pyrrole nitrogens is 1. The average molecular weight is 398 g/mol. The smallest absolute Gasteiger partial charge is 0.321 e. The number of rotatable bonds is 9. The van der Waals surface area contributed by atoms with Crippen LogP contribution in [0.3, 0.4) is 0 Å².